The number of benzene rings is 5. The maximum atomic E-state index is 10.4. The van der Waals surface area contributed by atoms with Crippen molar-refractivity contribution in [2.24, 2.45) is 0 Å². The lowest BCUT2D eigenvalue weighted by molar-refractivity contribution is 0.550. The summed E-state index contributed by atoms with van der Waals surface area (Å²) in [4.78, 5) is 2.34. The maximum Gasteiger partial charge on any atom is 0.0994 e. The van der Waals surface area contributed by atoms with Crippen molar-refractivity contribution in [3.05, 3.63) is 179 Å². The van der Waals surface area contributed by atoms with Crippen molar-refractivity contribution in [2.45, 2.75) is 30.7 Å². The standard InChI is InChI=1S/C46H31N5/c1-46-21-9-8-16-45(46)50(44-15-7-4-12-40(44)46)35-23-31(28-48)22-34(25-35)38-26-32(18-19-33(38)29-49)36-10-2-5-13-41(36)51-42-14-6-3-11-37(42)39-24-30(27-47)17-20-43(39)51/h2-17,19-26,32,45H,18H2,1H3. The lowest BCUT2D eigenvalue weighted by atomic mass is 9.76. The van der Waals surface area contributed by atoms with Gasteiger partial charge < -0.3 is 9.47 Å². The Morgan fingerprint density at radius 1 is 0.706 bits per heavy atom. The van der Waals surface area contributed by atoms with Gasteiger partial charge in [0.2, 0.25) is 0 Å². The van der Waals surface area contributed by atoms with Gasteiger partial charge in [0.25, 0.3) is 0 Å². The van der Waals surface area contributed by atoms with Crippen LogP contribution in [0.4, 0.5) is 11.4 Å². The number of hydrogen-bond acceptors (Lipinski definition) is 4. The molecular formula is C46H31N5. The Balaban J connectivity index is 1.20. The Bertz CT molecular complexity index is 2700. The Hall–Kier alpha value is -6.87. The van der Waals surface area contributed by atoms with Gasteiger partial charge in [-0.3, -0.25) is 0 Å². The molecule has 0 fully saturated rings. The summed E-state index contributed by atoms with van der Waals surface area (Å²) in [6.07, 6.45) is 13.6. The largest absolute Gasteiger partial charge is 0.333 e. The second-order valence-electron chi connectivity index (χ2n) is 13.6. The molecular weight excluding hydrogens is 623 g/mol. The van der Waals surface area contributed by atoms with Crippen molar-refractivity contribution in [3.8, 4) is 23.9 Å². The Morgan fingerprint density at radius 3 is 2.31 bits per heavy atom. The highest BCUT2D eigenvalue weighted by Crippen LogP contribution is 2.52. The monoisotopic (exact) mass is 653 g/mol. The topological polar surface area (TPSA) is 79.5 Å². The SMILES string of the molecule is CC12C=CC=CC1N(c1cc(C#N)cc(C3=CC(c4ccccc4-n4c5ccccc5c5cc(C#N)ccc54)CC=C3C#N)c1)c1ccccc12. The van der Waals surface area contributed by atoms with Gasteiger partial charge in [-0.1, -0.05) is 91.1 Å². The first kappa shape index (κ1) is 30.2. The van der Waals surface area contributed by atoms with E-state index in [-0.39, 0.29) is 17.4 Å². The Morgan fingerprint density at radius 2 is 1.47 bits per heavy atom. The van der Waals surface area contributed by atoms with E-state index < -0.39 is 0 Å². The molecule has 5 aromatic carbocycles. The third-order valence-corrected chi connectivity index (χ3v) is 10.9. The molecule has 0 radical (unpaired) electrons. The average molecular weight is 654 g/mol. The fraction of sp³-hybridized carbons (Fsp3) is 0.109. The van der Waals surface area contributed by atoms with Crippen molar-refractivity contribution >= 4 is 38.8 Å². The molecule has 5 heteroatoms. The summed E-state index contributed by atoms with van der Waals surface area (Å²) < 4.78 is 2.29. The van der Waals surface area contributed by atoms with Crippen molar-refractivity contribution in [3.63, 3.8) is 0 Å². The highest BCUT2D eigenvalue weighted by molar-refractivity contribution is 6.09. The first-order valence-corrected chi connectivity index (χ1v) is 17.2. The summed E-state index contributed by atoms with van der Waals surface area (Å²) in [5.74, 6) is -0.0284. The van der Waals surface area contributed by atoms with Gasteiger partial charge in [0.15, 0.2) is 0 Å². The van der Waals surface area contributed by atoms with Crippen LogP contribution in [-0.2, 0) is 5.41 Å². The predicted molar refractivity (Wildman–Crippen MR) is 204 cm³/mol. The molecule has 240 valence electrons. The average Bonchev–Trinajstić information content (AvgIpc) is 3.66. The molecule has 0 bridgehead atoms. The Kier molecular flexibility index (Phi) is 6.89. The van der Waals surface area contributed by atoms with Gasteiger partial charge in [-0.05, 0) is 90.2 Å². The number of allylic oxidation sites excluding steroid dienone is 6. The molecule has 1 aliphatic heterocycles. The van der Waals surface area contributed by atoms with Gasteiger partial charge >= 0.3 is 0 Å². The van der Waals surface area contributed by atoms with Crippen LogP contribution in [-0.4, -0.2) is 10.6 Å². The summed E-state index contributed by atoms with van der Waals surface area (Å²) in [5.41, 5.74) is 10.8. The number of fused-ring (bicyclic) bond motifs is 6. The molecule has 9 rings (SSSR count). The molecule has 0 saturated heterocycles. The van der Waals surface area contributed by atoms with Crippen LogP contribution >= 0.6 is 0 Å². The molecule has 1 aromatic heterocycles. The van der Waals surface area contributed by atoms with Crippen LogP contribution in [0.2, 0.25) is 0 Å². The van der Waals surface area contributed by atoms with E-state index in [0.717, 1.165) is 55.6 Å². The van der Waals surface area contributed by atoms with Gasteiger partial charge in [-0.2, -0.15) is 15.8 Å². The van der Waals surface area contributed by atoms with Gasteiger partial charge in [-0.25, -0.2) is 0 Å². The Labute approximate surface area is 296 Å². The first-order valence-electron chi connectivity index (χ1n) is 17.2. The molecule has 2 aliphatic carbocycles. The van der Waals surface area contributed by atoms with E-state index in [2.05, 4.69) is 132 Å². The number of para-hydroxylation sites is 3. The van der Waals surface area contributed by atoms with Crippen LogP contribution in [0.3, 0.4) is 0 Å². The molecule has 6 aromatic rings. The molecule has 5 nitrogen and oxygen atoms in total. The van der Waals surface area contributed by atoms with Crippen molar-refractivity contribution < 1.29 is 0 Å². The molecule has 3 aliphatic rings. The maximum absolute atomic E-state index is 10.4. The molecule has 0 N–H and O–H groups in total. The van der Waals surface area contributed by atoms with Crippen LogP contribution in [0.1, 0.15) is 47.1 Å². The zero-order valence-corrected chi connectivity index (χ0v) is 28.0. The number of aromatic nitrogens is 1. The number of anilines is 2. The summed E-state index contributed by atoms with van der Waals surface area (Å²) >= 11 is 0. The molecule has 0 spiro atoms. The van der Waals surface area contributed by atoms with E-state index in [1.807, 2.05) is 48.5 Å². The molecule has 51 heavy (non-hydrogen) atoms. The van der Waals surface area contributed by atoms with Gasteiger partial charge in [0.1, 0.15) is 0 Å². The van der Waals surface area contributed by atoms with Gasteiger partial charge in [0, 0.05) is 39.2 Å². The van der Waals surface area contributed by atoms with E-state index in [9.17, 15) is 15.8 Å². The number of nitriles is 3. The highest BCUT2D eigenvalue weighted by atomic mass is 15.2. The van der Waals surface area contributed by atoms with Crippen LogP contribution in [0.5, 0.6) is 0 Å². The number of nitrogens with zero attached hydrogens (tertiary/aromatic N) is 5. The minimum atomic E-state index is -0.215. The fourth-order valence-electron chi connectivity index (χ4n) is 8.48. The molecule has 0 saturated carbocycles. The van der Waals surface area contributed by atoms with E-state index in [0.29, 0.717) is 23.1 Å². The van der Waals surface area contributed by atoms with E-state index in [1.54, 1.807) is 0 Å². The van der Waals surface area contributed by atoms with Crippen molar-refractivity contribution in [1.29, 1.82) is 15.8 Å². The summed E-state index contributed by atoms with van der Waals surface area (Å²) in [6.45, 7) is 2.27. The minimum Gasteiger partial charge on any atom is -0.333 e. The predicted octanol–water partition coefficient (Wildman–Crippen LogP) is 10.5. The fourth-order valence-corrected chi connectivity index (χ4v) is 8.48. The van der Waals surface area contributed by atoms with E-state index in [4.69, 9.17) is 0 Å². The first-order chi connectivity index (χ1) is 25.0. The molecule has 0 amide bonds. The summed E-state index contributed by atoms with van der Waals surface area (Å²) in [5, 5.41) is 32.5. The van der Waals surface area contributed by atoms with Crippen LogP contribution in [0.15, 0.2) is 151 Å². The van der Waals surface area contributed by atoms with Crippen LogP contribution in [0.25, 0.3) is 33.1 Å². The zero-order valence-electron chi connectivity index (χ0n) is 28.0. The smallest absolute Gasteiger partial charge is 0.0994 e. The lowest BCUT2D eigenvalue weighted by Crippen LogP contribution is -2.39. The normalized spacial score (nSPS) is 20.2. The van der Waals surface area contributed by atoms with Crippen molar-refractivity contribution in [1.82, 2.24) is 4.57 Å². The third kappa shape index (κ3) is 4.59. The molecule has 3 unspecified atom stereocenters. The van der Waals surface area contributed by atoms with Gasteiger partial charge in [0.05, 0.1) is 52.0 Å². The number of hydrogen-bond donors (Lipinski definition) is 0. The van der Waals surface area contributed by atoms with E-state index >= 15 is 0 Å². The second-order valence-corrected chi connectivity index (χ2v) is 13.6. The van der Waals surface area contributed by atoms with E-state index in [1.165, 1.54) is 5.56 Å². The molecule has 2 heterocycles. The van der Waals surface area contributed by atoms with Crippen molar-refractivity contribution in [2.75, 3.05) is 4.90 Å². The lowest BCUT2D eigenvalue weighted by Gasteiger charge is -2.35. The quantitative estimate of drug-likeness (QED) is 0.190. The van der Waals surface area contributed by atoms with Crippen LogP contribution in [0, 0.1) is 34.0 Å². The summed E-state index contributed by atoms with van der Waals surface area (Å²) in [7, 11) is 0. The summed E-state index contributed by atoms with van der Waals surface area (Å²) in [6, 6.07) is 44.4. The number of rotatable bonds is 4. The zero-order chi connectivity index (χ0) is 34.7. The highest BCUT2D eigenvalue weighted by Gasteiger charge is 2.46. The third-order valence-electron chi connectivity index (χ3n) is 10.9. The second kappa shape index (κ2) is 11.6. The van der Waals surface area contributed by atoms with Gasteiger partial charge in [-0.15, -0.1) is 0 Å². The molecule has 3 atom stereocenters. The minimum absolute atomic E-state index is 0.0284. The van der Waals surface area contributed by atoms with Crippen LogP contribution < -0.4 is 4.90 Å².